The zero-order valence-corrected chi connectivity index (χ0v) is 11.9. The van der Waals surface area contributed by atoms with Crippen LogP contribution in [0, 0.1) is 0 Å². The number of fused-ring (bicyclic) bond motifs is 1. The Hall–Kier alpha value is -2.07. The molecule has 20 heavy (non-hydrogen) atoms. The molecule has 0 radical (unpaired) electrons. The molecule has 1 aromatic carbocycles. The number of aromatic amines is 2. The summed E-state index contributed by atoms with van der Waals surface area (Å²) in [5.74, 6) is 0. The van der Waals surface area contributed by atoms with Crippen LogP contribution in [0.25, 0.3) is 28.0 Å². The fourth-order valence-corrected chi connectivity index (χ4v) is 3.33. The van der Waals surface area contributed by atoms with Gasteiger partial charge in [0.15, 0.2) is 0 Å². The van der Waals surface area contributed by atoms with Crippen LogP contribution < -0.4 is 5.32 Å². The largest absolute Gasteiger partial charge is 0.372 e. The Bertz CT molecular complexity index is 783. The van der Waals surface area contributed by atoms with Crippen molar-refractivity contribution in [3.8, 4) is 11.3 Å². The van der Waals surface area contributed by atoms with Gasteiger partial charge in [-0.1, -0.05) is 30.3 Å². The van der Waals surface area contributed by atoms with Gasteiger partial charge in [0, 0.05) is 22.8 Å². The van der Waals surface area contributed by atoms with Crippen molar-refractivity contribution in [2.24, 2.45) is 0 Å². The lowest BCUT2D eigenvalue weighted by atomic mass is 10.1. The van der Waals surface area contributed by atoms with Gasteiger partial charge < -0.3 is 15.3 Å². The van der Waals surface area contributed by atoms with Gasteiger partial charge in [0.1, 0.15) is 5.65 Å². The van der Waals surface area contributed by atoms with E-state index in [1.165, 1.54) is 22.2 Å². The quantitative estimate of drug-likeness (QED) is 0.661. The van der Waals surface area contributed by atoms with Gasteiger partial charge in [-0.2, -0.15) is 0 Å². The van der Waals surface area contributed by atoms with Gasteiger partial charge >= 0.3 is 0 Å². The molecular weight excluding hydrogens is 266 g/mol. The van der Waals surface area contributed by atoms with Crippen molar-refractivity contribution in [1.29, 1.82) is 0 Å². The lowest BCUT2D eigenvalue weighted by molar-refractivity contribution is 0.893. The molecule has 0 amide bonds. The highest BCUT2D eigenvalue weighted by molar-refractivity contribution is 8.03. The smallest absolute Gasteiger partial charge is 0.115 e. The highest BCUT2D eigenvalue weighted by atomic mass is 32.2. The molecule has 0 spiro atoms. The summed E-state index contributed by atoms with van der Waals surface area (Å²) in [5.41, 5.74) is 5.86. The molecule has 0 fully saturated rings. The van der Waals surface area contributed by atoms with Crippen LogP contribution in [0.1, 0.15) is 12.5 Å². The Morgan fingerprint density at radius 1 is 1.15 bits per heavy atom. The predicted molar refractivity (Wildman–Crippen MR) is 86.3 cm³/mol. The zero-order chi connectivity index (χ0) is 13.5. The van der Waals surface area contributed by atoms with Crippen molar-refractivity contribution < 1.29 is 0 Å². The summed E-state index contributed by atoms with van der Waals surface area (Å²) < 4.78 is 0. The fraction of sp³-hybridized carbons (Fsp3) is 0.125. The summed E-state index contributed by atoms with van der Waals surface area (Å²) in [6.45, 7) is 2.17. The van der Waals surface area contributed by atoms with Crippen LogP contribution in [0.2, 0.25) is 0 Å². The first-order valence-electron chi connectivity index (χ1n) is 6.69. The number of H-pyrrole nitrogens is 2. The highest BCUT2D eigenvalue weighted by Crippen LogP contribution is 2.33. The minimum Gasteiger partial charge on any atom is -0.372 e. The summed E-state index contributed by atoms with van der Waals surface area (Å²) in [6.07, 6.45) is 2.06. The van der Waals surface area contributed by atoms with Crippen LogP contribution in [0.4, 0.5) is 0 Å². The Morgan fingerprint density at radius 3 is 2.75 bits per heavy atom. The van der Waals surface area contributed by atoms with E-state index >= 15 is 0 Å². The van der Waals surface area contributed by atoms with Gasteiger partial charge in [0.05, 0.1) is 11.1 Å². The molecule has 1 unspecified atom stereocenters. The topological polar surface area (TPSA) is 43.6 Å². The summed E-state index contributed by atoms with van der Waals surface area (Å²) in [4.78, 5) is 6.77. The Kier molecular flexibility index (Phi) is 2.63. The van der Waals surface area contributed by atoms with Gasteiger partial charge in [-0.05, 0) is 24.0 Å². The molecular formula is C16H15N3S. The van der Waals surface area contributed by atoms with Crippen LogP contribution in [-0.2, 0) is 0 Å². The van der Waals surface area contributed by atoms with Crippen molar-refractivity contribution in [2.75, 3.05) is 0 Å². The molecule has 0 bridgehead atoms. The SMILES string of the molecule is CC1NC(c2c[nH]c3[nH]c(-c4ccccc4)cc23)=CS1. The van der Waals surface area contributed by atoms with Crippen LogP contribution in [0.5, 0.6) is 0 Å². The first-order valence-corrected chi connectivity index (χ1v) is 7.63. The van der Waals surface area contributed by atoms with Crippen molar-refractivity contribution in [3.63, 3.8) is 0 Å². The number of hydrogen-bond acceptors (Lipinski definition) is 2. The highest BCUT2D eigenvalue weighted by Gasteiger charge is 2.17. The van der Waals surface area contributed by atoms with E-state index in [-0.39, 0.29) is 0 Å². The maximum Gasteiger partial charge on any atom is 0.115 e. The van der Waals surface area contributed by atoms with Gasteiger partial charge in [-0.15, -0.1) is 11.8 Å². The average Bonchev–Trinajstić information content (AvgIpc) is 3.14. The Morgan fingerprint density at radius 2 is 2.00 bits per heavy atom. The third-order valence-corrected chi connectivity index (χ3v) is 4.49. The van der Waals surface area contributed by atoms with Crippen LogP contribution in [0.3, 0.4) is 0 Å². The van der Waals surface area contributed by atoms with Crippen LogP contribution in [0.15, 0.2) is 48.0 Å². The number of nitrogens with one attached hydrogen (secondary N) is 3. The Labute approximate surface area is 121 Å². The van der Waals surface area contributed by atoms with E-state index in [1.807, 2.05) is 17.8 Å². The molecule has 1 aliphatic rings. The minimum atomic E-state index is 0.447. The lowest BCUT2D eigenvalue weighted by Gasteiger charge is -2.05. The number of benzene rings is 1. The van der Waals surface area contributed by atoms with Crippen LogP contribution >= 0.6 is 11.8 Å². The molecule has 3 N–H and O–H groups in total. The molecule has 2 aromatic heterocycles. The third-order valence-electron chi connectivity index (χ3n) is 3.59. The van der Waals surface area contributed by atoms with Crippen LogP contribution in [-0.4, -0.2) is 15.3 Å². The normalized spacial score (nSPS) is 18.2. The van der Waals surface area contributed by atoms with Gasteiger partial charge in [-0.25, -0.2) is 0 Å². The van der Waals surface area contributed by atoms with E-state index in [0.717, 1.165) is 11.3 Å². The summed E-state index contributed by atoms with van der Waals surface area (Å²) >= 11 is 1.82. The molecule has 0 saturated heterocycles. The second-order valence-corrected chi connectivity index (χ2v) is 6.21. The molecule has 3 aromatic rings. The molecule has 100 valence electrons. The van der Waals surface area contributed by atoms with Crippen molar-refractivity contribution in [1.82, 2.24) is 15.3 Å². The van der Waals surface area contributed by atoms with Crippen molar-refractivity contribution >= 4 is 28.5 Å². The monoisotopic (exact) mass is 281 g/mol. The third kappa shape index (κ3) is 1.84. The van der Waals surface area contributed by atoms with Gasteiger partial charge in [-0.3, -0.25) is 0 Å². The number of aromatic nitrogens is 2. The molecule has 4 rings (SSSR count). The lowest BCUT2D eigenvalue weighted by Crippen LogP contribution is -2.15. The number of rotatable bonds is 2. The van der Waals surface area contributed by atoms with Crippen molar-refractivity contribution in [3.05, 3.63) is 53.6 Å². The number of thioether (sulfide) groups is 1. The van der Waals surface area contributed by atoms with Gasteiger partial charge in [0.25, 0.3) is 0 Å². The Balaban J connectivity index is 1.80. The minimum absolute atomic E-state index is 0.447. The standard InChI is InChI=1S/C16H15N3S/c1-10-18-15(9-20-10)13-8-17-16-12(13)7-14(19-16)11-5-3-2-4-6-11/h2-10,17-19H,1H3. The van der Waals surface area contributed by atoms with E-state index in [4.69, 9.17) is 0 Å². The molecule has 0 aliphatic carbocycles. The second kappa shape index (κ2) is 4.49. The molecule has 1 aliphatic heterocycles. The average molecular weight is 281 g/mol. The maximum absolute atomic E-state index is 3.49. The van der Waals surface area contributed by atoms with E-state index in [2.05, 4.69) is 64.1 Å². The molecule has 0 saturated carbocycles. The summed E-state index contributed by atoms with van der Waals surface area (Å²) in [5, 5.41) is 7.36. The molecule has 3 nitrogen and oxygen atoms in total. The van der Waals surface area contributed by atoms with Gasteiger partial charge in [0.2, 0.25) is 0 Å². The van der Waals surface area contributed by atoms with E-state index in [1.54, 1.807) is 0 Å². The zero-order valence-electron chi connectivity index (χ0n) is 11.1. The van der Waals surface area contributed by atoms with Crippen molar-refractivity contribution in [2.45, 2.75) is 12.3 Å². The van der Waals surface area contributed by atoms with E-state index in [0.29, 0.717) is 5.37 Å². The first-order chi connectivity index (χ1) is 9.81. The maximum atomic E-state index is 3.49. The van der Waals surface area contributed by atoms with E-state index in [9.17, 15) is 0 Å². The molecule has 3 heterocycles. The number of hydrogen-bond donors (Lipinski definition) is 3. The predicted octanol–water partition coefficient (Wildman–Crippen LogP) is 4.14. The fourth-order valence-electron chi connectivity index (χ4n) is 2.60. The first kappa shape index (κ1) is 11.7. The second-order valence-electron chi connectivity index (χ2n) is 4.99. The molecule has 4 heteroatoms. The molecule has 1 atom stereocenters. The summed E-state index contributed by atoms with van der Waals surface area (Å²) in [7, 11) is 0. The summed E-state index contributed by atoms with van der Waals surface area (Å²) in [6, 6.07) is 12.6. The van der Waals surface area contributed by atoms with E-state index < -0.39 is 0 Å².